The van der Waals surface area contributed by atoms with Crippen LogP contribution in [0.15, 0.2) is 46.3 Å². The molecular formula is C20H19BrN2O2S. The first-order valence-corrected chi connectivity index (χ1v) is 9.79. The molecule has 0 radical (unpaired) electrons. The Labute approximate surface area is 165 Å². The standard InChI is InChI=1S/C20H19BrN2O2S/c1-13-20(21)14(2)23(22-13)12-16-11-15(7-9-18(16)25-3)6-8-17(24)19-5-4-10-26-19/h4-11H,12H2,1-3H3/b8-6-. The number of hydrogen-bond acceptors (Lipinski definition) is 4. The number of aromatic nitrogens is 2. The number of carbonyl (C=O) groups excluding carboxylic acids is 1. The van der Waals surface area contributed by atoms with E-state index >= 15 is 0 Å². The second kappa shape index (κ2) is 8.01. The summed E-state index contributed by atoms with van der Waals surface area (Å²) < 4.78 is 8.46. The van der Waals surface area contributed by atoms with Gasteiger partial charge >= 0.3 is 0 Å². The van der Waals surface area contributed by atoms with Crippen LogP contribution in [0.4, 0.5) is 0 Å². The van der Waals surface area contributed by atoms with E-state index in [-0.39, 0.29) is 5.78 Å². The van der Waals surface area contributed by atoms with Crippen LogP contribution in [0.2, 0.25) is 0 Å². The van der Waals surface area contributed by atoms with E-state index in [1.807, 2.05) is 60.3 Å². The molecule has 0 fully saturated rings. The molecule has 1 aromatic carbocycles. The molecule has 0 aliphatic carbocycles. The molecule has 134 valence electrons. The van der Waals surface area contributed by atoms with Gasteiger partial charge in [-0.05, 0) is 65.0 Å². The number of aryl methyl sites for hydroxylation is 1. The number of ketones is 1. The van der Waals surface area contributed by atoms with Gasteiger partial charge in [-0.25, -0.2) is 0 Å². The maximum absolute atomic E-state index is 12.1. The molecule has 6 heteroatoms. The minimum atomic E-state index is 0.0137. The van der Waals surface area contributed by atoms with Crippen molar-refractivity contribution in [3.05, 3.63) is 73.7 Å². The average molecular weight is 431 g/mol. The summed E-state index contributed by atoms with van der Waals surface area (Å²) in [7, 11) is 1.66. The van der Waals surface area contributed by atoms with Crippen LogP contribution in [0.5, 0.6) is 5.75 Å². The fraction of sp³-hybridized carbons (Fsp3) is 0.200. The van der Waals surface area contributed by atoms with Crippen LogP contribution < -0.4 is 4.74 Å². The summed E-state index contributed by atoms with van der Waals surface area (Å²) in [5, 5.41) is 6.46. The maximum atomic E-state index is 12.1. The van der Waals surface area contributed by atoms with Gasteiger partial charge in [0.25, 0.3) is 0 Å². The van der Waals surface area contributed by atoms with Crippen molar-refractivity contribution in [1.82, 2.24) is 9.78 Å². The highest BCUT2D eigenvalue weighted by Crippen LogP contribution is 2.25. The Balaban J connectivity index is 1.86. The Hall–Kier alpha value is -2.18. The lowest BCUT2D eigenvalue weighted by atomic mass is 10.1. The number of methoxy groups -OCH3 is 1. The number of thiophene rings is 1. The third-order valence-electron chi connectivity index (χ3n) is 4.11. The van der Waals surface area contributed by atoms with E-state index in [1.165, 1.54) is 11.3 Å². The predicted octanol–water partition coefficient (Wildman–Crippen LogP) is 5.28. The van der Waals surface area contributed by atoms with Crippen molar-refractivity contribution >= 4 is 39.1 Å². The molecule has 0 N–H and O–H groups in total. The molecule has 0 unspecified atom stereocenters. The monoisotopic (exact) mass is 430 g/mol. The third kappa shape index (κ3) is 3.97. The summed E-state index contributed by atoms with van der Waals surface area (Å²) in [6.45, 7) is 4.60. The van der Waals surface area contributed by atoms with E-state index < -0.39 is 0 Å². The van der Waals surface area contributed by atoms with E-state index in [0.29, 0.717) is 6.54 Å². The van der Waals surface area contributed by atoms with Crippen molar-refractivity contribution in [2.24, 2.45) is 0 Å². The molecule has 0 amide bonds. The zero-order chi connectivity index (χ0) is 18.7. The largest absolute Gasteiger partial charge is 0.496 e. The molecule has 0 saturated heterocycles. The highest BCUT2D eigenvalue weighted by molar-refractivity contribution is 9.10. The lowest BCUT2D eigenvalue weighted by Crippen LogP contribution is -2.06. The molecule has 2 heterocycles. The third-order valence-corrected chi connectivity index (χ3v) is 6.14. The molecule has 0 aliphatic heterocycles. The van der Waals surface area contributed by atoms with Gasteiger partial charge < -0.3 is 4.74 Å². The summed E-state index contributed by atoms with van der Waals surface area (Å²) in [5.41, 5.74) is 3.99. The number of ether oxygens (including phenoxy) is 1. The number of rotatable bonds is 6. The minimum absolute atomic E-state index is 0.0137. The van der Waals surface area contributed by atoms with Gasteiger partial charge in [-0.2, -0.15) is 5.10 Å². The van der Waals surface area contributed by atoms with Gasteiger partial charge in [-0.15, -0.1) is 11.3 Å². The van der Waals surface area contributed by atoms with Crippen molar-refractivity contribution in [3.63, 3.8) is 0 Å². The fourth-order valence-corrected chi connectivity index (χ4v) is 3.62. The molecule has 3 aromatic rings. The van der Waals surface area contributed by atoms with Crippen LogP contribution >= 0.6 is 27.3 Å². The number of halogens is 1. The van der Waals surface area contributed by atoms with E-state index in [0.717, 1.165) is 37.6 Å². The van der Waals surface area contributed by atoms with Crippen LogP contribution in [-0.4, -0.2) is 22.7 Å². The summed E-state index contributed by atoms with van der Waals surface area (Å²) in [6.07, 6.45) is 3.44. The summed E-state index contributed by atoms with van der Waals surface area (Å²) in [6, 6.07) is 9.60. The molecule has 26 heavy (non-hydrogen) atoms. The van der Waals surface area contributed by atoms with E-state index in [9.17, 15) is 4.79 Å². The van der Waals surface area contributed by atoms with Crippen molar-refractivity contribution in [3.8, 4) is 5.75 Å². The Morgan fingerprint density at radius 2 is 2.15 bits per heavy atom. The van der Waals surface area contributed by atoms with E-state index in [1.54, 1.807) is 13.2 Å². The Morgan fingerprint density at radius 1 is 1.35 bits per heavy atom. The molecule has 3 rings (SSSR count). The molecule has 0 atom stereocenters. The van der Waals surface area contributed by atoms with E-state index in [2.05, 4.69) is 21.0 Å². The molecular weight excluding hydrogens is 412 g/mol. The lowest BCUT2D eigenvalue weighted by molar-refractivity contribution is 0.105. The number of hydrogen-bond donors (Lipinski definition) is 0. The van der Waals surface area contributed by atoms with Gasteiger partial charge in [0.15, 0.2) is 5.78 Å². The molecule has 0 saturated carbocycles. The first kappa shape index (κ1) is 18.6. The van der Waals surface area contributed by atoms with Gasteiger partial charge in [-0.1, -0.05) is 18.2 Å². The second-order valence-electron chi connectivity index (χ2n) is 5.89. The smallest absolute Gasteiger partial charge is 0.195 e. The SMILES string of the molecule is COc1ccc(/C=C\C(=O)c2cccs2)cc1Cn1nc(C)c(Br)c1C. The minimum Gasteiger partial charge on any atom is -0.496 e. The molecule has 0 spiro atoms. The van der Waals surface area contributed by atoms with Crippen molar-refractivity contribution in [2.45, 2.75) is 20.4 Å². The molecule has 2 aromatic heterocycles. The summed E-state index contributed by atoms with van der Waals surface area (Å²) in [5.74, 6) is 0.815. The van der Waals surface area contributed by atoms with Crippen LogP contribution in [0.1, 0.15) is 32.2 Å². The number of nitrogens with zero attached hydrogens (tertiary/aromatic N) is 2. The van der Waals surface area contributed by atoms with Crippen LogP contribution in [-0.2, 0) is 6.54 Å². The van der Waals surface area contributed by atoms with Crippen molar-refractivity contribution in [1.29, 1.82) is 0 Å². The van der Waals surface area contributed by atoms with Crippen LogP contribution in [0.25, 0.3) is 6.08 Å². The van der Waals surface area contributed by atoms with Crippen LogP contribution in [0, 0.1) is 13.8 Å². The van der Waals surface area contributed by atoms with Crippen molar-refractivity contribution < 1.29 is 9.53 Å². The quantitative estimate of drug-likeness (QED) is 0.394. The lowest BCUT2D eigenvalue weighted by Gasteiger charge is -2.11. The number of carbonyl (C=O) groups is 1. The summed E-state index contributed by atoms with van der Waals surface area (Å²) in [4.78, 5) is 12.9. The first-order chi connectivity index (χ1) is 12.5. The van der Waals surface area contributed by atoms with Gasteiger partial charge in [0, 0.05) is 5.56 Å². The van der Waals surface area contributed by atoms with Gasteiger partial charge in [0.2, 0.25) is 0 Å². The van der Waals surface area contributed by atoms with Crippen molar-refractivity contribution in [2.75, 3.05) is 7.11 Å². The Morgan fingerprint density at radius 3 is 2.77 bits per heavy atom. The highest BCUT2D eigenvalue weighted by Gasteiger charge is 2.12. The summed E-state index contributed by atoms with van der Waals surface area (Å²) >= 11 is 5.01. The predicted molar refractivity (Wildman–Crippen MR) is 109 cm³/mol. The first-order valence-electron chi connectivity index (χ1n) is 8.12. The molecule has 4 nitrogen and oxygen atoms in total. The Bertz CT molecular complexity index is 959. The zero-order valence-electron chi connectivity index (χ0n) is 14.8. The number of benzene rings is 1. The normalized spacial score (nSPS) is 11.2. The topological polar surface area (TPSA) is 44.1 Å². The average Bonchev–Trinajstić information content (AvgIpc) is 3.26. The fourth-order valence-electron chi connectivity index (χ4n) is 2.69. The van der Waals surface area contributed by atoms with Gasteiger partial charge in [-0.3, -0.25) is 9.48 Å². The zero-order valence-corrected chi connectivity index (χ0v) is 17.2. The van der Waals surface area contributed by atoms with E-state index in [4.69, 9.17) is 4.74 Å². The van der Waals surface area contributed by atoms with Gasteiger partial charge in [0.1, 0.15) is 5.75 Å². The van der Waals surface area contributed by atoms with Gasteiger partial charge in [0.05, 0.1) is 34.4 Å². The molecule has 0 bridgehead atoms. The van der Waals surface area contributed by atoms with Crippen LogP contribution in [0.3, 0.4) is 0 Å². The second-order valence-corrected chi connectivity index (χ2v) is 7.63. The molecule has 0 aliphatic rings. The maximum Gasteiger partial charge on any atom is 0.195 e. The number of allylic oxidation sites excluding steroid dienone is 1. The Kier molecular flexibility index (Phi) is 5.74. The highest BCUT2D eigenvalue weighted by atomic mass is 79.9.